The Kier molecular flexibility index (Phi) is 4.86. The Labute approximate surface area is 137 Å². The van der Waals surface area contributed by atoms with E-state index in [0.29, 0.717) is 12.1 Å². The predicted octanol–water partition coefficient (Wildman–Crippen LogP) is 2.46. The summed E-state index contributed by atoms with van der Waals surface area (Å²) in [5.41, 5.74) is 4.09. The average molecular weight is 312 g/mol. The molecular formula is C18H24N4O. The van der Waals surface area contributed by atoms with Gasteiger partial charge in [-0.3, -0.25) is 4.79 Å². The molecule has 122 valence electrons. The van der Waals surface area contributed by atoms with E-state index in [9.17, 15) is 4.79 Å². The van der Waals surface area contributed by atoms with E-state index in [1.54, 1.807) is 0 Å². The Balaban J connectivity index is 1.58. The van der Waals surface area contributed by atoms with Crippen LogP contribution in [0.2, 0.25) is 0 Å². The Morgan fingerprint density at radius 2 is 1.83 bits per heavy atom. The maximum atomic E-state index is 12.3. The number of carbonyl (C=O) groups excluding carboxylic acids is 1. The summed E-state index contributed by atoms with van der Waals surface area (Å²) in [6.07, 6.45) is 3.62. The topological polar surface area (TPSA) is 58.1 Å². The Morgan fingerprint density at radius 3 is 2.57 bits per heavy atom. The van der Waals surface area contributed by atoms with Crippen LogP contribution in [0.25, 0.3) is 11.0 Å². The zero-order chi connectivity index (χ0) is 16.2. The Hall–Kier alpha value is -2.01. The lowest BCUT2D eigenvalue weighted by molar-refractivity contribution is 0.0952. The molecule has 1 saturated heterocycles. The maximum Gasteiger partial charge on any atom is 0.251 e. The highest BCUT2D eigenvalue weighted by atomic mass is 16.1. The SMILES string of the molecule is Cc1nc2ccc(C(=O)NCCCN3CCCC3)cc2nc1C. The van der Waals surface area contributed by atoms with Crippen LogP contribution < -0.4 is 5.32 Å². The summed E-state index contributed by atoms with van der Waals surface area (Å²) >= 11 is 0. The van der Waals surface area contributed by atoms with E-state index in [-0.39, 0.29) is 5.91 Å². The molecule has 3 rings (SSSR count). The van der Waals surface area contributed by atoms with Crippen LogP contribution in [-0.4, -0.2) is 47.0 Å². The van der Waals surface area contributed by atoms with E-state index in [0.717, 1.165) is 35.4 Å². The number of fused-ring (bicyclic) bond motifs is 1. The third-order valence-corrected chi connectivity index (χ3v) is 4.47. The second-order valence-electron chi connectivity index (χ2n) is 6.26. The number of rotatable bonds is 5. The molecule has 0 bridgehead atoms. The lowest BCUT2D eigenvalue weighted by atomic mass is 10.1. The molecule has 2 aromatic rings. The van der Waals surface area contributed by atoms with Gasteiger partial charge >= 0.3 is 0 Å². The summed E-state index contributed by atoms with van der Waals surface area (Å²) in [7, 11) is 0. The molecule has 2 heterocycles. The second-order valence-corrected chi connectivity index (χ2v) is 6.26. The van der Waals surface area contributed by atoms with Crippen molar-refractivity contribution in [2.24, 2.45) is 0 Å². The number of nitrogens with zero attached hydrogens (tertiary/aromatic N) is 3. The van der Waals surface area contributed by atoms with Gasteiger partial charge in [0.05, 0.1) is 22.4 Å². The summed E-state index contributed by atoms with van der Waals surface area (Å²) in [4.78, 5) is 23.7. The van der Waals surface area contributed by atoms with Crippen LogP contribution in [-0.2, 0) is 0 Å². The number of hydrogen-bond donors (Lipinski definition) is 1. The van der Waals surface area contributed by atoms with Crippen molar-refractivity contribution in [3.05, 3.63) is 35.2 Å². The summed E-state index contributed by atoms with van der Waals surface area (Å²) in [6.45, 7) is 8.08. The Morgan fingerprint density at radius 1 is 1.13 bits per heavy atom. The lowest BCUT2D eigenvalue weighted by Gasteiger charge is -2.14. The molecule has 0 radical (unpaired) electrons. The van der Waals surface area contributed by atoms with E-state index in [1.807, 2.05) is 32.0 Å². The first kappa shape index (κ1) is 15.9. The molecule has 1 N–H and O–H groups in total. The van der Waals surface area contributed by atoms with Gasteiger partial charge < -0.3 is 10.2 Å². The average Bonchev–Trinajstić information content (AvgIpc) is 3.05. The standard InChI is InChI=1S/C18H24N4O/c1-13-14(2)21-17-12-15(6-7-16(17)20-13)18(23)19-8-5-11-22-9-3-4-10-22/h6-7,12H,3-5,8-11H2,1-2H3,(H,19,23). The summed E-state index contributed by atoms with van der Waals surface area (Å²) in [5.74, 6) is -0.0339. The van der Waals surface area contributed by atoms with E-state index >= 15 is 0 Å². The van der Waals surface area contributed by atoms with E-state index in [1.165, 1.54) is 25.9 Å². The van der Waals surface area contributed by atoms with E-state index in [4.69, 9.17) is 0 Å². The van der Waals surface area contributed by atoms with Gasteiger partial charge in [0.25, 0.3) is 5.91 Å². The summed E-state index contributed by atoms with van der Waals surface area (Å²) in [6, 6.07) is 5.51. The van der Waals surface area contributed by atoms with Crippen molar-refractivity contribution in [3.8, 4) is 0 Å². The van der Waals surface area contributed by atoms with Crippen molar-refractivity contribution in [2.45, 2.75) is 33.1 Å². The molecule has 0 unspecified atom stereocenters. The van der Waals surface area contributed by atoms with Crippen LogP contribution in [0.1, 0.15) is 41.0 Å². The van der Waals surface area contributed by atoms with Gasteiger partial charge in [-0.15, -0.1) is 0 Å². The number of benzene rings is 1. The van der Waals surface area contributed by atoms with Crippen LogP contribution in [0.4, 0.5) is 0 Å². The van der Waals surface area contributed by atoms with Gasteiger partial charge in [-0.05, 0) is 70.9 Å². The number of likely N-dealkylation sites (tertiary alicyclic amines) is 1. The van der Waals surface area contributed by atoms with Gasteiger partial charge in [-0.2, -0.15) is 0 Å². The van der Waals surface area contributed by atoms with Crippen molar-refractivity contribution >= 4 is 16.9 Å². The quantitative estimate of drug-likeness (QED) is 0.862. The fraction of sp³-hybridized carbons (Fsp3) is 0.500. The van der Waals surface area contributed by atoms with Gasteiger partial charge in [-0.25, -0.2) is 9.97 Å². The number of aryl methyl sites for hydroxylation is 2. The molecule has 1 aromatic heterocycles. The number of nitrogens with one attached hydrogen (secondary N) is 1. The second kappa shape index (κ2) is 7.04. The molecule has 0 atom stereocenters. The molecule has 1 fully saturated rings. The van der Waals surface area contributed by atoms with Crippen molar-refractivity contribution < 1.29 is 4.79 Å². The third-order valence-electron chi connectivity index (χ3n) is 4.47. The number of amides is 1. The normalized spacial score (nSPS) is 15.2. The van der Waals surface area contributed by atoms with Gasteiger partial charge in [0.2, 0.25) is 0 Å². The smallest absolute Gasteiger partial charge is 0.251 e. The summed E-state index contributed by atoms with van der Waals surface area (Å²) in [5, 5.41) is 3.00. The van der Waals surface area contributed by atoms with Crippen LogP contribution >= 0.6 is 0 Å². The molecule has 0 spiro atoms. The molecule has 0 saturated carbocycles. The zero-order valence-electron chi connectivity index (χ0n) is 13.9. The highest BCUT2D eigenvalue weighted by molar-refractivity contribution is 5.97. The maximum absolute atomic E-state index is 12.3. The zero-order valence-corrected chi connectivity index (χ0v) is 13.9. The first-order chi connectivity index (χ1) is 11.1. The monoisotopic (exact) mass is 312 g/mol. The third kappa shape index (κ3) is 3.85. The first-order valence-corrected chi connectivity index (χ1v) is 8.39. The fourth-order valence-corrected chi connectivity index (χ4v) is 2.98. The van der Waals surface area contributed by atoms with E-state index in [2.05, 4.69) is 20.2 Å². The van der Waals surface area contributed by atoms with Crippen LogP contribution in [0, 0.1) is 13.8 Å². The number of aromatic nitrogens is 2. The van der Waals surface area contributed by atoms with Gasteiger partial charge in [0, 0.05) is 12.1 Å². The largest absolute Gasteiger partial charge is 0.352 e. The van der Waals surface area contributed by atoms with Crippen molar-refractivity contribution in [3.63, 3.8) is 0 Å². The van der Waals surface area contributed by atoms with Crippen LogP contribution in [0.5, 0.6) is 0 Å². The minimum Gasteiger partial charge on any atom is -0.352 e. The van der Waals surface area contributed by atoms with E-state index < -0.39 is 0 Å². The highest BCUT2D eigenvalue weighted by Gasteiger charge is 2.11. The van der Waals surface area contributed by atoms with Crippen LogP contribution in [0.3, 0.4) is 0 Å². The van der Waals surface area contributed by atoms with Crippen molar-refractivity contribution in [1.29, 1.82) is 0 Å². The fourth-order valence-electron chi connectivity index (χ4n) is 2.98. The van der Waals surface area contributed by atoms with Gasteiger partial charge in [0.1, 0.15) is 0 Å². The summed E-state index contributed by atoms with van der Waals surface area (Å²) < 4.78 is 0. The first-order valence-electron chi connectivity index (χ1n) is 8.39. The molecule has 1 amide bonds. The number of hydrogen-bond acceptors (Lipinski definition) is 4. The molecule has 1 aliphatic heterocycles. The highest BCUT2D eigenvalue weighted by Crippen LogP contribution is 2.14. The Bertz CT molecular complexity index is 707. The predicted molar refractivity (Wildman–Crippen MR) is 91.6 cm³/mol. The molecule has 5 nitrogen and oxygen atoms in total. The lowest BCUT2D eigenvalue weighted by Crippen LogP contribution is -2.28. The minimum atomic E-state index is -0.0339. The van der Waals surface area contributed by atoms with Gasteiger partial charge in [-0.1, -0.05) is 0 Å². The van der Waals surface area contributed by atoms with Gasteiger partial charge in [0.15, 0.2) is 0 Å². The van der Waals surface area contributed by atoms with Crippen LogP contribution in [0.15, 0.2) is 18.2 Å². The molecular weight excluding hydrogens is 288 g/mol. The minimum absolute atomic E-state index is 0.0339. The molecule has 23 heavy (non-hydrogen) atoms. The van der Waals surface area contributed by atoms with Crippen molar-refractivity contribution in [2.75, 3.05) is 26.2 Å². The molecule has 5 heteroatoms. The molecule has 0 aliphatic carbocycles. The number of carbonyl (C=O) groups is 1. The molecule has 1 aromatic carbocycles. The van der Waals surface area contributed by atoms with Crippen molar-refractivity contribution in [1.82, 2.24) is 20.2 Å². The molecule has 1 aliphatic rings.